The summed E-state index contributed by atoms with van der Waals surface area (Å²) in [7, 11) is 0. The van der Waals surface area contributed by atoms with Crippen molar-refractivity contribution in [3.05, 3.63) is 82.9 Å². The predicted octanol–water partition coefficient (Wildman–Crippen LogP) is 4.83. The van der Waals surface area contributed by atoms with Gasteiger partial charge in [0, 0.05) is 12.2 Å². The van der Waals surface area contributed by atoms with Crippen LogP contribution in [0.2, 0.25) is 0 Å². The number of nitrogens with one attached hydrogen (secondary N) is 1. The van der Waals surface area contributed by atoms with Crippen LogP contribution >= 0.6 is 11.8 Å². The molecule has 3 rings (SSSR count). The normalized spacial score (nSPS) is 17.1. The first-order valence-electron chi connectivity index (χ1n) is 10.6. The molecule has 6 nitrogen and oxygen atoms in total. The number of hydrogen-bond donors (Lipinski definition) is 1. The fourth-order valence-corrected chi connectivity index (χ4v) is 4.73. The lowest BCUT2D eigenvalue weighted by molar-refractivity contribution is -0.137. The van der Waals surface area contributed by atoms with Gasteiger partial charge in [-0.15, -0.1) is 6.58 Å². The molecule has 0 radical (unpaired) electrons. The second kappa shape index (κ2) is 11.1. The van der Waals surface area contributed by atoms with Crippen molar-refractivity contribution in [3.8, 4) is 11.8 Å². The summed E-state index contributed by atoms with van der Waals surface area (Å²) in [6.45, 7) is 5.92. The third kappa shape index (κ3) is 6.05. The summed E-state index contributed by atoms with van der Waals surface area (Å²) in [5.74, 6) is -0.556. The highest BCUT2D eigenvalue weighted by Crippen LogP contribution is 2.42. The fraction of sp³-hybridized carbons (Fsp3) is 0.240. The minimum atomic E-state index is -4.51. The van der Waals surface area contributed by atoms with Gasteiger partial charge in [-0.05, 0) is 49.2 Å². The Balaban J connectivity index is 2.01. The first-order valence-corrected chi connectivity index (χ1v) is 11.5. The zero-order valence-corrected chi connectivity index (χ0v) is 19.6. The molecule has 1 N–H and O–H groups in total. The molecule has 1 atom stereocenters. The number of rotatable bonds is 8. The number of ether oxygens (including phenoxy) is 1. The van der Waals surface area contributed by atoms with Crippen LogP contribution in [0.3, 0.4) is 0 Å². The molecule has 0 saturated carbocycles. The van der Waals surface area contributed by atoms with Crippen molar-refractivity contribution in [2.75, 3.05) is 18.1 Å². The number of nitriles is 1. The fourth-order valence-electron chi connectivity index (χ4n) is 3.42. The Bertz CT molecular complexity index is 1190. The number of nitrogens with zero attached hydrogens (tertiary/aromatic N) is 2. The molecule has 2 amide bonds. The number of thioether (sulfide) groups is 1. The highest BCUT2D eigenvalue weighted by Gasteiger charge is 2.41. The molecule has 2 aromatic carbocycles. The van der Waals surface area contributed by atoms with E-state index in [2.05, 4.69) is 11.9 Å². The molecular formula is C25H22F3N3O3S. The molecule has 1 saturated heterocycles. The summed E-state index contributed by atoms with van der Waals surface area (Å²) >= 11 is 0.973. The van der Waals surface area contributed by atoms with Crippen molar-refractivity contribution in [1.82, 2.24) is 5.32 Å². The lowest BCUT2D eigenvalue weighted by Crippen LogP contribution is -2.32. The average molecular weight is 502 g/mol. The van der Waals surface area contributed by atoms with E-state index in [-0.39, 0.29) is 23.6 Å². The van der Waals surface area contributed by atoms with Crippen LogP contribution in [0.4, 0.5) is 18.9 Å². The highest BCUT2D eigenvalue weighted by molar-refractivity contribution is 8.05. The first kappa shape index (κ1) is 25.9. The maximum Gasteiger partial charge on any atom is 0.416 e. The molecule has 0 spiro atoms. The SMILES string of the molecule is C=CCNC(=O)/C(C#N)=C1\SC(Cc2cccc(C(F)(F)F)c2)C(=O)N1c1ccc(OCC)cc1. The number of anilines is 1. The number of alkyl halides is 3. The smallest absolute Gasteiger partial charge is 0.416 e. The van der Waals surface area contributed by atoms with Gasteiger partial charge >= 0.3 is 6.18 Å². The second-order valence-electron chi connectivity index (χ2n) is 7.40. The Kier molecular flexibility index (Phi) is 8.25. The minimum Gasteiger partial charge on any atom is -0.494 e. The molecule has 182 valence electrons. The molecule has 2 aromatic rings. The molecule has 1 aliphatic heterocycles. The summed E-state index contributed by atoms with van der Waals surface area (Å²) in [5, 5.41) is 11.5. The molecule has 1 fully saturated rings. The summed E-state index contributed by atoms with van der Waals surface area (Å²) in [6.07, 6.45) is -3.08. The quantitative estimate of drug-likeness (QED) is 0.318. The Labute approximate surface area is 205 Å². The Morgan fingerprint density at radius 1 is 1.29 bits per heavy atom. The minimum absolute atomic E-state index is 0.0164. The van der Waals surface area contributed by atoms with Gasteiger partial charge in [-0.25, -0.2) is 0 Å². The van der Waals surface area contributed by atoms with Gasteiger partial charge in [0.1, 0.15) is 22.4 Å². The summed E-state index contributed by atoms with van der Waals surface area (Å²) < 4.78 is 44.9. The Hall–Kier alpha value is -3.71. The van der Waals surface area contributed by atoms with Crippen molar-refractivity contribution < 1.29 is 27.5 Å². The van der Waals surface area contributed by atoms with Gasteiger partial charge in [0.05, 0.1) is 17.4 Å². The van der Waals surface area contributed by atoms with Crippen LogP contribution in [0, 0.1) is 11.3 Å². The molecule has 35 heavy (non-hydrogen) atoms. The monoisotopic (exact) mass is 501 g/mol. The third-order valence-corrected chi connectivity index (χ3v) is 6.26. The number of halogens is 3. The number of carbonyl (C=O) groups is 2. The molecule has 1 unspecified atom stereocenters. The first-order chi connectivity index (χ1) is 16.7. The Morgan fingerprint density at radius 3 is 2.60 bits per heavy atom. The Morgan fingerprint density at radius 2 is 2.00 bits per heavy atom. The van der Waals surface area contributed by atoms with Crippen molar-refractivity contribution in [2.24, 2.45) is 0 Å². The van der Waals surface area contributed by atoms with Crippen LogP contribution in [0.1, 0.15) is 18.1 Å². The molecule has 0 bridgehead atoms. The molecule has 0 aliphatic carbocycles. The zero-order valence-electron chi connectivity index (χ0n) is 18.8. The van der Waals surface area contributed by atoms with E-state index in [1.54, 1.807) is 24.3 Å². The third-order valence-electron chi connectivity index (χ3n) is 4.99. The van der Waals surface area contributed by atoms with Crippen molar-refractivity contribution in [1.29, 1.82) is 5.26 Å². The average Bonchev–Trinajstić information content (AvgIpc) is 3.14. The van der Waals surface area contributed by atoms with Gasteiger partial charge in [-0.3, -0.25) is 14.5 Å². The van der Waals surface area contributed by atoms with Gasteiger partial charge < -0.3 is 10.1 Å². The largest absolute Gasteiger partial charge is 0.494 e. The maximum atomic E-state index is 13.4. The lowest BCUT2D eigenvalue weighted by atomic mass is 10.1. The van der Waals surface area contributed by atoms with E-state index in [9.17, 15) is 28.0 Å². The van der Waals surface area contributed by atoms with Gasteiger partial charge in [-0.1, -0.05) is 36.0 Å². The van der Waals surface area contributed by atoms with Crippen molar-refractivity contribution in [3.63, 3.8) is 0 Å². The number of amides is 2. The highest BCUT2D eigenvalue weighted by atomic mass is 32.2. The molecule has 10 heteroatoms. The van der Waals surface area contributed by atoms with Crippen molar-refractivity contribution in [2.45, 2.75) is 24.8 Å². The summed E-state index contributed by atoms with van der Waals surface area (Å²) in [6, 6.07) is 13.2. The zero-order chi connectivity index (χ0) is 25.6. The van der Waals surface area contributed by atoms with Crippen LogP contribution < -0.4 is 15.0 Å². The van der Waals surface area contributed by atoms with Gasteiger partial charge in [0.25, 0.3) is 5.91 Å². The van der Waals surface area contributed by atoms with Crippen LogP contribution in [0.5, 0.6) is 5.75 Å². The number of benzene rings is 2. The van der Waals surface area contributed by atoms with Gasteiger partial charge in [0.15, 0.2) is 0 Å². The van der Waals surface area contributed by atoms with Crippen molar-refractivity contribution >= 4 is 29.3 Å². The number of hydrogen-bond acceptors (Lipinski definition) is 5. The standard InChI is InChI=1S/C25H22F3N3O3S/c1-3-12-30-22(32)20(15-29)24-31(18-8-10-19(11-9-18)34-4-2)23(33)21(35-24)14-16-6-5-7-17(13-16)25(26,27)28/h3,5-11,13,21H,1,4,12,14H2,2H3,(H,30,32)/b24-20-. The van der Waals surface area contributed by atoms with Crippen LogP contribution in [0.25, 0.3) is 0 Å². The summed E-state index contributed by atoms with van der Waals surface area (Å²) in [5.41, 5.74) is -0.373. The second-order valence-corrected chi connectivity index (χ2v) is 8.59. The predicted molar refractivity (Wildman–Crippen MR) is 127 cm³/mol. The number of carbonyl (C=O) groups excluding carboxylic acids is 2. The summed E-state index contributed by atoms with van der Waals surface area (Å²) in [4.78, 5) is 27.3. The van der Waals surface area contributed by atoms with E-state index in [0.717, 1.165) is 23.9 Å². The van der Waals surface area contributed by atoms with E-state index in [0.29, 0.717) is 23.6 Å². The molecule has 1 aliphatic rings. The topological polar surface area (TPSA) is 82.4 Å². The van der Waals surface area contributed by atoms with E-state index in [1.165, 1.54) is 23.1 Å². The lowest BCUT2D eigenvalue weighted by Gasteiger charge is -2.19. The van der Waals surface area contributed by atoms with E-state index in [4.69, 9.17) is 4.74 Å². The van der Waals surface area contributed by atoms with E-state index in [1.807, 2.05) is 13.0 Å². The van der Waals surface area contributed by atoms with Crippen LogP contribution in [-0.4, -0.2) is 30.2 Å². The van der Waals surface area contributed by atoms with Crippen LogP contribution in [0.15, 0.2) is 71.8 Å². The van der Waals surface area contributed by atoms with Gasteiger partial charge in [-0.2, -0.15) is 18.4 Å². The van der Waals surface area contributed by atoms with E-state index >= 15 is 0 Å². The van der Waals surface area contributed by atoms with E-state index < -0.39 is 28.8 Å². The van der Waals surface area contributed by atoms with Crippen LogP contribution in [-0.2, 0) is 22.2 Å². The molecule has 1 heterocycles. The maximum absolute atomic E-state index is 13.4. The van der Waals surface area contributed by atoms with Gasteiger partial charge in [0.2, 0.25) is 5.91 Å². The molecular weight excluding hydrogens is 479 g/mol. The molecule has 0 aromatic heterocycles.